The van der Waals surface area contributed by atoms with Crippen LogP contribution in [0.3, 0.4) is 0 Å². The first kappa shape index (κ1) is 10.8. The van der Waals surface area contributed by atoms with Crippen molar-refractivity contribution in [3.8, 4) is 5.75 Å². The molecule has 0 aliphatic carbocycles. The van der Waals surface area contributed by atoms with Crippen LogP contribution in [0.4, 0.5) is 13.2 Å². The van der Waals surface area contributed by atoms with E-state index >= 15 is 0 Å². The van der Waals surface area contributed by atoms with Crippen molar-refractivity contribution in [2.45, 2.75) is 10.4 Å². The van der Waals surface area contributed by atoms with Crippen LogP contribution in [-0.2, 0) is 9.84 Å². The van der Waals surface area contributed by atoms with Gasteiger partial charge in [-0.3, -0.25) is 4.98 Å². The first-order chi connectivity index (χ1) is 6.25. The van der Waals surface area contributed by atoms with Gasteiger partial charge < -0.3 is 5.11 Å². The fourth-order valence-electron chi connectivity index (χ4n) is 0.688. The lowest BCUT2D eigenvalue weighted by Crippen LogP contribution is -2.23. The lowest BCUT2D eigenvalue weighted by molar-refractivity contribution is -0.0436. The number of nitrogens with zero attached hydrogens (tertiary/aromatic N) is 1. The standard InChI is InChI=1S/C6H4F3NO3S/c7-6(8,9)14(12,13)5-1-4(11)2-10-3-5/h1-3,11H. The molecule has 8 heteroatoms. The fourth-order valence-corrected chi connectivity index (χ4v) is 1.43. The van der Waals surface area contributed by atoms with E-state index < -0.39 is 26.0 Å². The molecule has 0 aliphatic rings. The molecule has 0 saturated heterocycles. The number of aromatic hydroxyl groups is 1. The van der Waals surface area contributed by atoms with Crippen molar-refractivity contribution in [2.24, 2.45) is 0 Å². The van der Waals surface area contributed by atoms with Crippen LogP contribution in [0, 0.1) is 0 Å². The monoisotopic (exact) mass is 227 g/mol. The van der Waals surface area contributed by atoms with Gasteiger partial charge in [0.25, 0.3) is 9.84 Å². The molecule has 14 heavy (non-hydrogen) atoms. The van der Waals surface area contributed by atoms with E-state index in [-0.39, 0.29) is 0 Å². The molecule has 1 heterocycles. The molecule has 1 aromatic rings. The highest BCUT2D eigenvalue weighted by molar-refractivity contribution is 7.92. The lowest BCUT2D eigenvalue weighted by Gasteiger charge is -2.07. The third kappa shape index (κ3) is 1.79. The second kappa shape index (κ2) is 3.12. The van der Waals surface area contributed by atoms with Gasteiger partial charge in [0.05, 0.1) is 11.1 Å². The molecule has 1 N–H and O–H groups in total. The van der Waals surface area contributed by atoms with Crippen LogP contribution in [0.25, 0.3) is 0 Å². The summed E-state index contributed by atoms with van der Waals surface area (Å²) >= 11 is 0. The van der Waals surface area contributed by atoms with Gasteiger partial charge in [-0.1, -0.05) is 0 Å². The minimum atomic E-state index is -5.42. The molecule has 0 spiro atoms. The van der Waals surface area contributed by atoms with Gasteiger partial charge in [0.15, 0.2) is 0 Å². The van der Waals surface area contributed by atoms with Gasteiger partial charge in [0.2, 0.25) is 0 Å². The summed E-state index contributed by atoms with van der Waals surface area (Å²) in [7, 11) is -5.42. The predicted octanol–water partition coefficient (Wildman–Crippen LogP) is 1.08. The molecule has 0 unspecified atom stereocenters. The average Bonchev–Trinajstić information content (AvgIpc) is 2.02. The van der Waals surface area contributed by atoms with Crippen LogP contribution in [0.2, 0.25) is 0 Å². The van der Waals surface area contributed by atoms with Crippen molar-refractivity contribution in [2.75, 3.05) is 0 Å². The van der Waals surface area contributed by atoms with E-state index in [1.165, 1.54) is 0 Å². The zero-order chi connectivity index (χ0) is 11.0. The molecular weight excluding hydrogens is 223 g/mol. The van der Waals surface area contributed by atoms with Crippen molar-refractivity contribution < 1.29 is 26.7 Å². The smallest absolute Gasteiger partial charge is 0.501 e. The van der Waals surface area contributed by atoms with Crippen LogP contribution in [0.15, 0.2) is 23.4 Å². The first-order valence-corrected chi connectivity index (χ1v) is 4.69. The number of pyridine rings is 1. The molecular formula is C6H4F3NO3S. The van der Waals surface area contributed by atoms with Gasteiger partial charge in [0.1, 0.15) is 5.75 Å². The lowest BCUT2D eigenvalue weighted by atomic mass is 10.5. The summed E-state index contributed by atoms with van der Waals surface area (Å²) in [4.78, 5) is 2.06. The second-order valence-electron chi connectivity index (χ2n) is 2.33. The molecule has 0 radical (unpaired) electrons. The summed E-state index contributed by atoms with van der Waals surface area (Å²) in [6.07, 6.45) is 1.35. The maximum absolute atomic E-state index is 12.0. The number of hydrogen-bond donors (Lipinski definition) is 1. The van der Waals surface area contributed by atoms with Gasteiger partial charge in [-0.15, -0.1) is 0 Å². The van der Waals surface area contributed by atoms with Crippen LogP contribution in [0.1, 0.15) is 0 Å². The van der Waals surface area contributed by atoms with E-state index in [9.17, 15) is 21.6 Å². The van der Waals surface area contributed by atoms with Crippen molar-refractivity contribution in [3.05, 3.63) is 18.5 Å². The molecule has 0 bridgehead atoms. The largest absolute Gasteiger partial charge is 0.506 e. The molecule has 0 atom stereocenters. The number of rotatable bonds is 1. The SMILES string of the molecule is O=S(=O)(c1cncc(O)c1)C(F)(F)F. The van der Waals surface area contributed by atoms with E-state index in [2.05, 4.69) is 4.98 Å². The van der Waals surface area contributed by atoms with Crippen LogP contribution < -0.4 is 0 Å². The number of aromatic nitrogens is 1. The second-order valence-corrected chi connectivity index (χ2v) is 4.27. The Morgan fingerprint density at radius 2 is 1.86 bits per heavy atom. The summed E-state index contributed by atoms with van der Waals surface area (Å²) in [5, 5.41) is 8.75. The molecule has 0 aliphatic heterocycles. The zero-order valence-electron chi connectivity index (χ0n) is 6.49. The summed E-state index contributed by atoms with van der Waals surface area (Å²) in [6.45, 7) is 0. The van der Waals surface area contributed by atoms with E-state index in [0.29, 0.717) is 12.3 Å². The number of halogens is 3. The van der Waals surface area contributed by atoms with Crippen LogP contribution in [0.5, 0.6) is 5.75 Å². The Balaban J connectivity index is 3.32. The molecule has 1 aromatic heterocycles. The van der Waals surface area contributed by atoms with E-state index in [1.807, 2.05) is 0 Å². The van der Waals surface area contributed by atoms with E-state index in [4.69, 9.17) is 5.11 Å². The molecule has 0 saturated carbocycles. The Kier molecular flexibility index (Phi) is 2.40. The summed E-state index contributed by atoms with van der Waals surface area (Å²) in [5.74, 6) is -0.643. The van der Waals surface area contributed by atoms with Gasteiger partial charge in [0, 0.05) is 12.3 Å². The van der Waals surface area contributed by atoms with Crippen molar-refractivity contribution in [3.63, 3.8) is 0 Å². The summed E-state index contributed by atoms with van der Waals surface area (Å²) in [5.41, 5.74) is -5.39. The van der Waals surface area contributed by atoms with Crippen molar-refractivity contribution in [1.82, 2.24) is 4.98 Å². The van der Waals surface area contributed by atoms with Crippen LogP contribution in [-0.4, -0.2) is 24.0 Å². The minimum absolute atomic E-state index is 0.482. The zero-order valence-corrected chi connectivity index (χ0v) is 7.30. The molecule has 4 nitrogen and oxygen atoms in total. The average molecular weight is 227 g/mol. The number of sulfone groups is 1. The Morgan fingerprint density at radius 1 is 1.29 bits per heavy atom. The maximum atomic E-state index is 12.0. The Labute approximate surface area is 76.9 Å². The van der Waals surface area contributed by atoms with Crippen molar-refractivity contribution >= 4 is 9.84 Å². The first-order valence-electron chi connectivity index (χ1n) is 3.20. The van der Waals surface area contributed by atoms with Gasteiger partial charge >= 0.3 is 5.51 Å². The number of alkyl halides is 3. The normalized spacial score (nSPS) is 12.8. The highest BCUT2D eigenvalue weighted by Crippen LogP contribution is 2.30. The summed E-state index contributed by atoms with van der Waals surface area (Å²) < 4.78 is 57.3. The van der Waals surface area contributed by atoms with Gasteiger partial charge in [-0.25, -0.2) is 8.42 Å². The van der Waals surface area contributed by atoms with E-state index in [1.54, 1.807) is 0 Å². The van der Waals surface area contributed by atoms with E-state index in [0.717, 1.165) is 6.20 Å². The third-order valence-corrected chi connectivity index (χ3v) is 2.77. The fraction of sp³-hybridized carbons (Fsp3) is 0.167. The third-order valence-electron chi connectivity index (χ3n) is 1.31. The van der Waals surface area contributed by atoms with Crippen LogP contribution >= 0.6 is 0 Å². The molecule has 78 valence electrons. The Morgan fingerprint density at radius 3 is 2.29 bits per heavy atom. The Hall–Kier alpha value is -1.31. The molecule has 0 aromatic carbocycles. The molecule has 0 amide bonds. The minimum Gasteiger partial charge on any atom is -0.506 e. The predicted molar refractivity (Wildman–Crippen MR) is 39.1 cm³/mol. The van der Waals surface area contributed by atoms with Gasteiger partial charge in [-0.05, 0) is 0 Å². The van der Waals surface area contributed by atoms with Crippen molar-refractivity contribution in [1.29, 1.82) is 0 Å². The topological polar surface area (TPSA) is 67.3 Å². The highest BCUT2D eigenvalue weighted by atomic mass is 32.2. The Bertz CT molecular complexity index is 440. The quantitative estimate of drug-likeness (QED) is 0.779. The highest BCUT2D eigenvalue weighted by Gasteiger charge is 2.47. The molecule has 0 fully saturated rings. The maximum Gasteiger partial charge on any atom is 0.501 e. The summed E-state index contributed by atoms with van der Waals surface area (Å²) in [6, 6.07) is 0.482. The number of hydrogen-bond acceptors (Lipinski definition) is 4. The van der Waals surface area contributed by atoms with Gasteiger partial charge in [-0.2, -0.15) is 13.2 Å². The molecule has 1 rings (SSSR count).